The fourth-order valence-corrected chi connectivity index (χ4v) is 3.88. The molecular weight excluding hydrogens is 394 g/mol. The highest BCUT2D eigenvalue weighted by Gasteiger charge is 2.42. The second-order valence-electron chi connectivity index (χ2n) is 8.05. The molecule has 1 unspecified atom stereocenters. The van der Waals surface area contributed by atoms with Crippen molar-refractivity contribution in [2.45, 2.75) is 38.1 Å². The maximum atomic E-state index is 12.9. The average Bonchev–Trinajstić information content (AvgIpc) is 3.58. The minimum Gasteiger partial charge on any atom is -0.497 e. The van der Waals surface area contributed by atoms with Gasteiger partial charge in [-0.1, -0.05) is 0 Å². The summed E-state index contributed by atoms with van der Waals surface area (Å²) in [5, 5.41) is 3.18. The summed E-state index contributed by atoms with van der Waals surface area (Å²) in [6, 6.07) is 5.17. The second-order valence-corrected chi connectivity index (χ2v) is 8.05. The number of carbonyl (C=O) groups is 2. The van der Waals surface area contributed by atoms with E-state index in [9.17, 15) is 9.59 Å². The number of nitrogens with two attached hydrogens (primary N) is 1. The summed E-state index contributed by atoms with van der Waals surface area (Å²) >= 11 is 0. The van der Waals surface area contributed by atoms with E-state index in [2.05, 4.69) is 5.32 Å². The average molecular weight is 426 g/mol. The van der Waals surface area contributed by atoms with Gasteiger partial charge in [0.15, 0.2) is 0 Å². The predicted octanol–water partition coefficient (Wildman–Crippen LogP) is 2.22. The zero-order valence-electron chi connectivity index (χ0n) is 17.4. The van der Waals surface area contributed by atoms with Crippen LogP contribution in [0.25, 0.3) is 0 Å². The molecule has 1 saturated heterocycles. The topological polar surface area (TPSA) is 93.9 Å². The third-order valence-electron chi connectivity index (χ3n) is 6.06. The molecule has 1 aromatic carbocycles. The fourth-order valence-electron chi connectivity index (χ4n) is 3.88. The van der Waals surface area contributed by atoms with Crippen molar-refractivity contribution >= 4 is 24.2 Å². The van der Waals surface area contributed by atoms with Crippen molar-refractivity contribution in [1.82, 2.24) is 10.2 Å². The summed E-state index contributed by atoms with van der Waals surface area (Å²) in [5.41, 5.74) is 6.14. The molecule has 1 aromatic rings. The first kappa shape index (κ1) is 23.3. The van der Waals surface area contributed by atoms with Gasteiger partial charge in [0.1, 0.15) is 11.5 Å². The SMILES string of the molecule is COc1cc(OC)cc(C(=O)N2CCC(C(=O)NC(C)(CN)C3CC3)CC2)c1.Cl. The van der Waals surface area contributed by atoms with Gasteiger partial charge in [-0.25, -0.2) is 0 Å². The molecule has 2 amide bonds. The van der Waals surface area contributed by atoms with Crippen molar-refractivity contribution in [3.05, 3.63) is 23.8 Å². The highest BCUT2D eigenvalue weighted by atomic mass is 35.5. The van der Waals surface area contributed by atoms with Gasteiger partial charge >= 0.3 is 0 Å². The highest BCUT2D eigenvalue weighted by Crippen LogP contribution is 2.39. The van der Waals surface area contributed by atoms with Gasteiger partial charge in [-0.15, -0.1) is 12.4 Å². The molecule has 0 bridgehead atoms. The minimum atomic E-state index is -0.304. The molecule has 8 heteroatoms. The van der Waals surface area contributed by atoms with Gasteiger partial charge < -0.3 is 25.4 Å². The highest BCUT2D eigenvalue weighted by molar-refractivity contribution is 5.95. The molecule has 29 heavy (non-hydrogen) atoms. The third kappa shape index (κ3) is 5.34. The Bertz CT molecular complexity index is 710. The molecule has 2 fully saturated rings. The number of hydrogen-bond acceptors (Lipinski definition) is 5. The van der Waals surface area contributed by atoms with Crippen LogP contribution in [-0.2, 0) is 4.79 Å². The number of rotatable bonds is 7. The lowest BCUT2D eigenvalue weighted by molar-refractivity contribution is -0.128. The molecule has 162 valence electrons. The Hall–Kier alpha value is -1.99. The molecule has 1 aliphatic heterocycles. The van der Waals surface area contributed by atoms with Crippen LogP contribution in [0.4, 0.5) is 0 Å². The van der Waals surface area contributed by atoms with Crippen LogP contribution < -0.4 is 20.5 Å². The third-order valence-corrected chi connectivity index (χ3v) is 6.06. The summed E-state index contributed by atoms with van der Waals surface area (Å²) in [4.78, 5) is 27.4. The Labute approximate surface area is 178 Å². The minimum absolute atomic E-state index is 0. The van der Waals surface area contributed by atoms with Gasteiger partial charge in [-0.3, -0.25) is 9.59 Å². The van der Waals surface area contributed by atoms with Gasteiger partial charge in [0, 0.05) is 37.2 Å². The number of nitrogens with zero attached hydrogens (tertiary/aromatic N) is 1. The van der Waals surface area contributed by atoms with Crippen molar-refractivity contribution < 1.29 is 19.1 Å². The van der Waals surface area contributed by atoms with Gasteiger partial charge in [0.25, 0.3) is 5.91 Å². The number of likely N-dealkylation sites (tertiary alicyclic amines) is 1. The maximum absolute atomic E-state index is 12.9. The van der Waals surface area contributed by atoms with Crippen molar-refractivity contribution in [2.75, 3.05) is 33.9 Å². The molecule has 1 aliphatic carbocycles. The van der Waals surface area contributed by atoms with Gasteiger partial charge in [0.2, 0.25) is 5.91 Å². The van der Waals surface area contributed by atoms with Crippen LogP contribution >= 0.6 is 12.4 Å². The lowest BCUT2D eigenvalue weighted by Gasteiger charge is -2.35. The number of piperidine rings is 1. The van der Waals surface area contributed by atoms with Crippen molar-refractivity contribution in [2.24, 2.45) is 17.6 Å². The van der Waals surface area contributed by atoms with Crippen molar-refractivity contribution in [1.29, 1.82) is 0 Å². The molecule has 3 rings (SSSR count). The van der Waals surface area contributed by atoms with E-state index in [1.54, 1.807) is 37.3 Å². The molecule has 1 atom stereocenters. The molecule has 0 radical (unpaired) electrons. The first-order valence-electron chi connectivity index (χ1n) is 9.94. The van der Waals surface area contributed by atoms with Crippen LogP contribution in [0.2, 0.25) is 0 Å². The summed E-state index contributed by atoms with van der Waals surface area (Å²) in [7, 11) is 3.12. The number of benzene rings is 1. The van der Waals surface area contributed by atoms with Crippen LogP contribution in [0.15, 0.2) is 18.2 Å². The van der Waals surface area contributed by atoms with E-state index in [0.717, 1.165) is 12.8 Å². The number of hydrogen-bond donors (Lipinski definition) is 2. The predicted molar refractivity (Wildman–Crippen MR) is 114 cm³/mol. The summed E-state index contributed by atoms with van der Waals surface area (Å²) in [5.74, 6) is 1.58. The maximum Gasteiger partial charge on any atom is 0.254 e. The van der Waals surface area contributed by atoms with Crippen LogP contribution in [0, 0.1) is 11.8 Å². The van der Waals surface area contributed by atoms with E-state index in [-0.39, 0.29) is 35.7 Å². The van der Waals surface area contributed by atoms with Gasteiger partial charge in [-0.2, -0.15) is 0 Å². The lowest BCUT2D eigenvalue weighted by Crippen LogP contribution is -2.55. The van der Waals surface area contributed by atoms with Crippen LogP contribution in [0.3, 0.4) is 0 Å². The molecule has 0 spiro atoms. The Kier molecular flexibility index (Phi) is 7.77. The number of nitrogens with one attached hydrogen (secondary N) is 1. The molecule has 2 aliphatic rings. The van der Waals surface area contributed by atoms with Crippen molar-refractivity contribution in [3.63, 3.8) is 0 Å². The standard InChI is InChI=1S/C21H31N3O4.ClH/c1-21(13-22,16-4-5-16)23-19(25)14-6-8-24(9-7-14)20(26)15-10-17(27-2)12-18(11-15)28-3;/h10-12,14,16H,4-9,13,22H2,1-3H3,(H,23,25);1H. The zero-order valence-corrected chi connectivity index (χ0v) is 18.2. The number of amides is 2. The van der Waals surface area contributed by atoms with Crippen molar-refractivity contribution in [3.8, 4) is 11.5 Å². The fraction of sp³-hybridized carbons (Fsp3) is 0.619. The first-order chi connectivity index (χ1) is 13.4. The smallest absolute Gasteiger partial charge is 0.254 e. The number of halogens is 1. The lowest BCUT2D eigenvalue weighted by atomic mass is 9.91. The van der Waals surface area contributed by atoms with E-state index >= 15 is 0 Å². The molecule has 3 N–H and O–H groups in total. The molecule has 7 nitrogen and oxygen atoms in total. The zero-order chi connectivity index (χ0) is 20.3. The Morgan fingerprint density at radius 3 is 2.10 bits per heavy atom. The molecule has 0 aromatic heterocycles. The Balaban J connectivity index is 0.00000300. The van der Waals surface area contributed by atoms with Crippen LogP contribution in [-0.4, -0.2) is 56.1 Å². The number of carbonyl (C=O) groups excluding carboxylic acids is 2. The van der Waals surface area contributed by atoms with E-state index in [0.29, 0.717) is 55.5 Å². The normalized spacial score (nSPS) is 19.0. The summed E-state index contributed by atoms with van der Waals surface area (Å²) < 4.78 is 10.5. The number of methoxy groups -OCH3 is 2. The van der Waals surface area contributed by atoms with Crippen LogP contribution in [0.1, 0.15) is 43.0 Å². The van der Waals surface area contributed by atoms with Crippen LogP contribution in [0.5, 0.6) is 11.5 Å². The summed E-state index contributed by atoms with van der Waals surface area (Å²) in [6.07, 6.45) is 3.57. The Morgan fingerprint density at radius 2 is 1.66 bits per heavy atom. The number of ether oxygens (including phenoxy) is 2. The van der Waals surface area contributed by atoms with E-state index in [1.165, 1.54) is 0 Å². The molecule has 1 saturated carbocycles. The second kappa shape index (κ2) is 9.67. The van der Waals surface area contributed by atoms with E-state index in [1.807, 2.05) is 6.92 Å². The monoisotopic (exact) mass is 425 g/mol. The molecular formula is C21H32ClN3O4. The first-order valence-corrected chi connectivity index (χ1v) is 9.94. The molecule has 1 heterocycles. The van der Waals surface area contributed by atoms with E-state index in [4.69, 9.17) is 15.2 Å². The van der Waals surface area contributed by atoms with Gasteiger partial charge in [0.05, 0.1) is 19.8 Å². The largest absolute Gasteiger partial charge is 0.497 e. The Morgan fingerprint density at radius 1 is 1.10 bits per heavy atom. The quantitative estimate of drug-likeness (QED) is 0.698. The van der Waals surface area contributed by atoms with E-state index < -0.39 is 0 Å². The van der Waals surface area contributed by atoms with Gasteiger partial charge in [-0.05, 0) is 50.7 Å². The summed E-state index contributed by atoms with van der Waals surface area (Å²) in [6.45, 7) is 3.61.